The standard InChI is InChI=1S/C19H17BrN2O2/c1-12(20)14-6-7-22(18(23)9-14)16-10-19(2,3)24-17-5-4-13(11-21)8-15(16)17/h4-10,12H,1-3H3. The average molecular weight is 385 g/mol. The molecule has 0 bridgehead atoms. The second kappa shape index (κ2) is 5.95. The van der Waals surface area contributed by atoms with E-state index in [1.165, 1.54) is 0 Å². The topological polar surface area (TPSA) is 55.0 Å². The van der Waals surface area contributed by atoms with Gasteiger partial charge in [0.15, 0.2) is 0 Å². The minimum absolute atomic E-state index is 0.109. The molecule has 24 heavy (non-hydrogen) atoms. The van der Waals surface area contributed by atoms with E-state index in [1.54, 1.807) is 35.0 Å². The van der Waals surface area contributed by atoms with Crippen LogP contribution in [0.2, 0.25) is 0 Å². The van der Waals surface area contributed by atoms with E-state index in [9.17, 15) is 4.79 Å². The van der Waals surface area contributed by atoms with Crippen LogP contribution in [0, 0.1) is 11.3 Å². The maximum Gasteiger partial charge on any atom is 0.255 e. The highest BCUT2D eigenvalue weighted by Crippen LogP contribution is 2.37. The second-order valence-electron chi connectivity index (χ2n) is 6.34. The van der Waals surface area contributed by atoms with E-state index in [4.69, 9.17) is 10.00 Å². The van der Waals surface area contributed by atoms with Gasteiger partial charge < -0.3 is 4.74 Å². The highest BCUT2D eigenvalue weighted by molar-refractivity contribution is 9.09. The summed E-state index contributed by atoms with van der Waals surface area (Å²) in [6, 6.07) is 10.9. The van der Waals surface area contributed by atoms with Crippen molar-refractivity contribution in [2.24, 2.45) is 0 Å². The average Bonchev–Trinajstić information content (AvgIpc) is 2.52. The summed E-state index contributed by atoms with van der Waals surface area (Å²) in [5.74, 6) is 0.668. The quantitative estimate of drug-likeness (QED) is 0.727. The van der Waals surface area contributed by atoms with Crippen molar-refractivity contribution in [1.29, 1.82) is 5.26 Å². The maximum absolute atomic E-state index is 12.6. The van der Waals surface area contributed by atoms with E-state index in [2.05, 4.69) is 22.0 Å². The molecular weight excluding hydrogens is 368 g/mol. The summed E-state index contributed by atoms with van der Waals surface area (Å²) >= 11 is 3.48. The van der Waals surface area contributed by atoms with Gasteiger partial charge in [-0.25, -0.2) is 0 Å². The van der Waals surface area contributed by atoms with Crippen LogP contribution in [-0.2, 0) is 0 Å². The molecule has 5 heteroatoms. The van der Waals surface area contributed by atoms with Crippen molar-refractivity contribution < 1.29 is 4.74 Å². The third-order valence-corrected chi connectivity index (χ3v) is 4.43. The van der Waals surface area contributed by atoms with Gasteiger partial charge in [-0.05, 0) is 56.7 Å². The van der Waals surface area contributed by atoms with E-state index in [0.717, 1.165) is 16.8 Å². The lowest BCUT2D eigenvalue weighted by molar-refractivity contribution is 0.157. The Labute approximate surface area is 149 Å². The van der Waals surface area contributed by atoms with Crippen molar-refractivity contribution in [3.8, 4) is 11.8 Å². The maximum atomic E-state index is 12.6. The molecule has 122 valence electrons. The molecule has 1 aromatic heterocycles. The summed E-state index contributed by atoms with van der Waals surface area (Å²) in [5, 5.41) is 9.17. The number of alkyl halides is 1. The smallest absolute Gasteiger partial charge is 0.255 e. The number of hydrogen-bond donors (Lipinski definition) is 0. The number of benzene rings is 1. The fourth-order valence-corrected chi connectivity index (χ4v) is 3.03. The van der Waals surface area contributed by atoms with Gasteiger partial charge in [-0.15, -0.1) is 0 Å². The molecule has 3 rings (SSSR count). The van der Waals surface area contributed by atoms with Crippen LogP contribution in [0.5, 0.6) is 5.75 Å². The third kappa shape index (κ3) is 3.02. The Morgan fingerprint density at radius 3 is 2.67 bits per heavy atom. The SMILES string of the molecule is CC(Br)c1ccn(C2=CC(C)(C)Oc3ccc(C#N)cc32)c(=O)c1. The van der Waals surface area contributed by atoms with E-state index in [0.29, 0.717) is 11.3 Å². The zero-order chi connectivity index (χ0) is 17.5. The molecule has 2 aromatic rings. The van der Waals surface area contributed by atoms with Crippen molar-refractivity contribution in [3.63, 3.8) is 0 Å². The molecule has 0 spiro atoms. The molecule has 0 fully saturated rings. The summed E-state index contributed by atoms with van der Waals surface area (Å²) in [6.45, 7) is 5.85. The Balaban J connectivity index is 2.22. The molecular formula is C19H17BrN2O2. The van der Waals surface area contributed by atoms with Gasteiger partial charge in [0.25, 0.3) is 5.56 Å². The molecule has 0 saturated heterocycles. The first-order valence-corrected chi connectivity index (χ1v) is 8.56. The number of fused-ring (bicyclic) bond motifs is 1. The van der Waals surface area contributed by atoms with Crippen LogP contribution in [0.15, 0.2) is 47.4 Å². The largest absolute Gasteiger partial charge is 0.483 e. The fraction of sp³-hybridized carbons (Fsp3) is 0.263. The van der Waals surface area contributed by atoms with Gasteiger partial charge in [0.05, 0.1) is 17.3 Å². The van der Waals surface area contributed by atoms with Crippen molar-refractivity contribution in [2.45, 2.75) is 31.2 Å². The highest BCUT2D eigenvalue weighted by atomic mass is 79.9. The molecule has 1 aromatic carbocycles. The van der Waals surface area contributed by atoms with Crippen LogP contribution < -0.4 is 10.3 Å². The first kappa shape index (κ1) is 16.5. The Hall–Kier alpha value is -2.32. The van der Waals surface area contributed by atoms with Gasteiger partial charge in [0.2, 0.25) is 0 Å². The normalized spacial score (nSPS) is 16.4. The number of halogens is 1. The van der Waals surface area contributed by atoms with Gasteiger partial charge >= 0.3 is 0 Å². The summed E-state index contributed by atoms with van der Waals surface area (Å²) in [6.07, 6.45) is 3.68. The van der Waals surface area contributed by atoms with Crippen LogP contribution in [0.4, 0.5) is 0 Å². The minimum atomic E-state index is -0.544. The van der Waals surface area contributed by atoms with E-state index < -0.39 is 5.60 Å². The number of aromatic nitrogens is 1. The van der Waals surface area contributed by atoms with Crippen LogP contribution in [0.1, 0.15) is 42.3 Å². The lowest BCUT2D eigenvalue weighted by atomic mass is 9.97. The molecule has 4 nitrogen and oxygen atoms in total. The Kier molecular flexibility index (Phi) is 4.10. The molecule has 0 saturated carbocycles. The number of pyridine rings is 1. The molecule has 1 aliphatic heterocycles. The van der Waals surface area contributed by atoms with E-state index in [-0.39, 0.29) is 10.4 Å². The number of hydrogen-bond acceptors (Lipinski definition) is 3. The zero-order valence-electron chi connectivity index (χ0n) is 13.7. The lowest BCUT2D eigenvalue weighted by Gasteiger charge is -2.31. The van der Waals surface area contributed by atoms with Crippen LogP contribution in [-0.4, -0.2) is 10.2 Å². The number of nitrogens with zero attached hydrogens (tertiary/aromatic N) is 2. The van der Waals surface area contributed by atoms with Crippen LogP contribution in [0.25, 0.3) is 5.70 Å². The summed E-state index contributed by atoms with van der Waals surface area (Å²) in [7, 11) is 0. The fourth-order valence-electron chi connectivity index (χ4n) is 2.75. The lowest BCUT2D eigenvalue weighted by Crippen LogP contribution is -2.32. The second-order valence-corrected chi connectivity index (χ2v) is 7.72. The Morgan fingerprint density at radius 1 is 1.29 bits per heavy atom. The molecule has 2 heterocycles. The van der Waals surface area contributed by atoms with E-state index >= 15 is 0 Å². The zero-order valence-corrected chi connectivity index (χ0v) is 15.3. The molecule has 0 amide bonds. The Morgan fingerprint density at radius 2 is 2.04 bits per heavy atom. The number of nitriles is 1. The highest BCUT2D eigenvalue weighted by Gasteiger charge is 2.28. The predicted molar refractivity (Wildman–Crippen MR) is 97.3 cm³/mol. The predicted octanol–water partition coefficient (Wildman–Crippen LogP) is 4.24. The van der Waals surface area contributed by atoms with Crippen molar-refractivity contribution in [2.75, 3.05) is 0 Å². The molecule has 0 N–H and O–H groups in total. The third-order valence-electron chi connectivity index (χ3n) is 3.90. The van der Waals surface area contributed by atoms with Crippen molar-refractivity contribution in [3.05, 3.63) is 69.6 Å². The van der Waals surface area contributed by atoms with Crippen LogP contribution >= 0.6 is 15.9 Å². The summed E-state index contributed by atoms with van der Waals surface area (Å²) in [5.41, 5.74) is 2.27. The minimum Gasteiger partial charge on any atom is -0.483 e. The van der Waals surface area contributed by atoms with Gasteiger partial charge in [0.1, 0.15) is 11.4 Å². The summed E-state index contributed by atoms with van der Waals surface area (Å²) < 4.78 is 7.56. The van der Waals surface area contributed by atoms with Crippen LogP contribution in [0.3, 0.4) is 0 Å². The molecule has 1 atom stereocenters. The molecule has 0 aliphatic carbocycles. The van der Waals surface area contributed by atoms with Crippen molar-refractivity contribution in [1.82, 2.24) is 4.57 Å². The van der Waals surface area contributed by atoms with Gasteiger partial charge in [-0.1, -0.05) is 15.9 Å². The van der Waals surface area contributed by atoms with Gasteiger partial charge in [-0.3, -0.25) is 9.36 Å². The van der Waals surface area contributed by atoms with Gasteiger partial charge in [-0.2, -0.15) is 5.26 Å². The van der Waals surface area contributed by atoms with Gasteiger partial charge in [0, 0.05) is 22.7 Å². The number of rotatable bonds is 2. The first-order valence-electron chi connectivity index (χ1n) is 7.64. The first-order chi connectivity index (χ1) is 11.3. The molecule has 1 unspecified atom stereocenters. The summed E-state index contributed by atoms with van der Waals surface area (Å²) in [4.78, 5) is 12.7. The Bertz CT molecular complexity index is 933. The monoisotopic (exact) mass is 384 g/mol. The number of ether oxygens (including phenoxy) is 1. The van der Waals surface area contributed by atoms with E-state index in [1.807, 2.05) is 32.9 Å². The molecule has 1 aliphatic rings. The molecule has 0 radical (unpaired) electrons. The van der Waals surface area contributed by atoms with Crippen molar-refractivity contribution >= 4 is 21.6 Å².